The Hall–Kier alpha value is -2.56. The van der Waals surface area contributed by atoms with E-state index in [4.69, 9.17) is 9.47 Å². The summed E-state index contributed by atoms with van der Waals surface area (Å²) >= 11 is 0. The zero-order valence-corrected chi connectivity index (χ0v) is 15.1. The Kier molecular flexibility index (Phi) is 4.53. The third kappa shape index (κ3) is 3.66. The molecule has 0 unspecified atom stereocenters. The lowest BCUT2D eigenvalue weighted by Crippen LogP contribution is -2.46. The Bertz CT molecular complexity index is 793. The second kappa shape index (κ2) is 6.98. The van der Waals surface area contributed by atoms with Gasteiger partial charge in [-0.15, -0.1) is 0 Å². The van der Waals surface area contributed by atoms with Gasteiger partial charge >= 0.3 is 0 Å². The second-order valence-electron chi connectivity index (χ2n) is 7.60. The summed E-state index contributed by atoms with van der Waals surface area (Å²) in [6, 6.07) is 10.2. The van der Waals surface area contributed by atoms with Gasteiger partial charge in [0, 0.05) is 31.9 Å². The summed E-state index contributed by atoms with van der Waals surface area (Å²) in [5.74, 6) is 1.91. The van der Waals surface area contributed by atoms with E-state index in [1.165, 1.54) is 11.1 Å². The standard InChI is InChI=1S/C21H24N2O3/c1-21(13-17-2-3-18-19(12-17)26-15-25-18)8-4-20(24)23(14-21)11-7-16-5-9-22-10-6-16/h2-3,5-6,9-10,12H,4,7-8,11,13-15H2,1H3/t21-/m1/s1. The van der Waals surface area contributed by atoms with E-state index in [0.29, 0.717) is 13.2 Å². The van der Waals surface area contributed by atoms with Gasteiger partial charge in [0.05, 0.1) is 0 Å². The van der Waals surface area contributed by atoms with Crippen molar-refractivity contribution >= 4 is 5.91 Å². The first-order chi connectivity index (χ1) is 12.6. The van der Waals surface area contributed by atoms with Crippen LogP contribution in [0.4, 0.5) is 0 Å². The van der Waals surface area contributed by atoms with Crippen molar-refractivity contribution in [3.63, 3.8) is 0 Å². The molecule has 0 saturated carbocycles. The minimum absolute atomic E-state index is 0.0832. The number of amides is 1. The first-order valence-corrected chi connectivity index (χ1v) is 9.17. The van der Waals surface area contributed by atoms with Crippen molar-refractivity contribution < 1.29 is 14.3 Å². The molecule has 136 valence electrons. The highest BCUT2D eigenvalue weighted by molar-refractivity contribution is 5.77. The van der Waals surface area contributed by atoms with E-state index in [1.807, 2.05) is 23.1 Å². The molecule has 0 radical (unpaired) electrons. The van der Waals surface area contributed by atoms with Crippen LogP contribution in [0.3, 0.4) is 0 Å². The third-order valence-corrected chi connectivity index (χ3v) is 5.36. The van der Waals surface area contributed by atoms with E-state index < -0.39 is 0 Å². The van der Waals surface area contributed by atoms with Crippen LogP contribution in [0.5, 0.6) is 11.5 Å². The number of likely N-dealkylation sites (tertiary alicyclic amines) is 1. The van der Waals surface area contributed by atoms with Gasteiger partial charge in [0.25, 0.3) is 0 Å². The smallest absolute Gasteiger partial charge is 0.231 e. The van der Waals surface area contributed by atoms with Gasteiger partial charge in [0.2, 0.25) is 12.7 Å². The average molecular weight is 352 g/mol. The number of piperidine rings is 1. The van der Waals surface area contributed by atoms with Gasteiger partial charge < -0.3 is 14.4 Å². The van der Waals surface area contributed by atoms with Crippen molar-refractivity contribution in [2.24, 2.45) is 5.41 Å². The molecular weight excluding hydrogens is 328 g/mol. The molecule has 1 fully saturated rings. The lowest BCUT2D eigenvalue weighted by molar-refractivity contribution is -0.137. The predicted octanol–water partition coefficient (Wildman–Crippen LogP) is 3.22. The highest BCUT2D eigenvalue weighted by Crippen LogP contribution is 2.37. The summed E-state index contributed by atoms with van der Waals surface area (Å²) in [4.78, 5) is 18.5. The molecule has 3 heterocycles. The molecule has 2 aromatic rings. The van der Waals surface area contributed by atoms with Gasteiger partial charge in [0.15, 0.2) is 11.5 Å². The highest BCUT2D eigenvalue weighted by atomic mass is 16.7. The van der Waals surface area contributed by atoms with Gasteiger partial charge in [-0.05, 0) is 60.1 Å². The van der Waals surface area contributed by atoms with Gasteiger partial charge in [-0.1, -0.05) is 13.0 Å². The number of hydrogen-bond acceptors (Lipinski definition) is 4. The number of hydrogen-bond donors (Lipinski definition) is 0. The van der Waals surface area contributed by atoms with Crippen LogP contribution in [-0.2, 0) is 17.6 Å². The zero-order chi connectivity index (χ0) is 18.0. The van der Waals surface area contributed by atoms with Crippen LogP contribution in [0.25, 0.3) is 0 Å². The molecule has 1 saturated heterocycles. The van der Waals surface area contributed by atoms with Gasteiger partial charge in [-0.25, -0.2) is 0 Å². The van der Waals surface area contributed by atoms with E-state index in [9.17, 15) is 4.79 Å². The molecule has 0 aliphatic carbocycles. The van der Waals surface area contributed by atoms with Crippen LogP contribution < -0.4 is 9.47 Å². The van der Waals surface area contributed by atoms with E-state index in [-0.39, 0.29) is 11.3 Å². The SMILES string of the molecule is C[C@]1(Cc2ccc3c(c2)OCO3)CCC(=O)N(CCc2ccncc2)C1. The number of carbonyl (C=O) groups is 1. The van der Waals surface area contributed by atoms with Gasteiger partial charge in [-0.2, -0.15) is 0 Å². The van der Waals surface area contributed by atoms with Crippen LogP contribution in [0.2, 0.25) is 0 Å². The normalized spacial score (nSPS) is 21.9. The molecule has 26 heavy (non-hydrogen) atoms. The van der Waals surface area contributed by atoms with Gasteiger partial charge in [0.1, 0.15) is 0 Å². The summed E-state index contributed by atoms with van der Waals surface area (Å²) < 4.78 is 10.9. The highest BCUT2D eigenvalue weighted by Gasteiger charge is 2.35. The van der Waals surface area contributed by atoms with E-state index >= 15 is 0 Å². The maximum atomic E-state index is 12.4. The number of carbonyl (C=O) groups excluding carboxylic acids is 1. The number of nitrogens with zero attached hydrogens (tertiary/aromatic N) is 2. The topological polar surface area (TPSA) is 51.7 Å². The maximum Gasteiger partial charge on any atom is 0.231 e. The molecule has 5 nitrogen and oxygen atoms in total. The van der Waals surface area contributed by atoms with Crippen molar-refractivity contribution in [2.75, 3.05) is 19.9 Å². The monoisotopic (exact) mass is 352 g/mol. The number of aromatic nitrogens is 1. The van der Waals surface area contributed by atoms with Crippen molar-refractivity contribution in [1.82, 2.24) is 9.88 Å². The first-order valence-electron chi connectivity index (χ1n) is 9.17. The fraction of sp³-hybridized carbons (Fsp3) is 0.429. The number of pyridine rings is 1. The summed E-state index contributed by atoms with van der Waals surface area (Å²) in [5, 5.41) is 0. The molecule has 2 aliphatic rings. The molecule has 1 amide bonds. The van der Waals surface area contributed by atoms with E-state index in [0.717, 1.165) is 43.9 Å². The minimum atomic E-state index is 0.0832. The Labute approximate surface area is 153 Å². The van der Waals surface area contributed by atoms with Crippen molar-refractivity contribution in [3.8, 4) is 11.5 Å². The first kappa shape index (κ1) is 16.9. The van der Waals surface area contributed by atoms with Crippen molar-refractivity contribution in [1.29, 1.82) is 0 Å². The number of rotatable bonds is 5. The summed E-state index contributed by atoms with van der Waals surface area (Å²) in [6.07, 6.45) is 6.95. The lowest BCUT2D eigenvalue weighted by atomic mass is 9.76. The molecule has 0 bridgehead atoms. The fourth-order valence-electron chi connectivity index (χ4n) is 3.90. The van der Waals surface area contributed by atoms with Crippen LogP contribution in [0.15, 0.2) is 42.7 Å². The van der Waals surface area contributed by atoms with Crippen LogP contribution in [0, 0.1) is 5.41 Å². The quantitative estimate of drug-likeness (QED) is 0.829. The Morgan fingerprint density at radius 2 is 1.92 bits per heavy atom. The molecule has 1 aromatic carbocycles. The molecule has 5 heteroatoms. The second-order valence-corrected chi connectivity index (χ2v) is 7.60. The van der Waals surface area contributed by atoms with E-state index in [1.54, 1.807) is 12.4 Å². The average Bonchev–Trinajstić information content (AvgIpc) is 3.11. The summed E-state index contributed by atoms with van der Waals surface area (Å²) in [6.45, 7) is 4.14. The lowest BCUT2D eigenvalue weighted by Gasteiger charge is -2.40. The molecule has 1 aromatic heterocycles. The summed E-state index contributed by atoms with van der Waals surface area (Å²) in [7, 11) is 0. The molecule has 0 N–H and O–H groups in total. The van der Waals surface area contributed by atoms with Gasteiger partial charge in [-0.3, -0.25) is 9.78 Å². The third-order valence-electron chi connectivity index (χ3n) is 5.36. The largest absolute Gasteiger partial charge is 0.454 e. The Morgan fingerprint density at radius 3 is 2.77 bits per heavy atom. The molecule has 4 rings (SSSR count). The summed E-state index contributed by atoms with van der Waals surface area (Å²) in [5.41, 5.74) is 2.54. The van der Waals surface area contributed by atoms with E-state index in [2.05, 4.69) is 24.0 Å². The number of ether oxygens (including phenoxy) is 2. The number of benzene rings is 1. The van der Waals surface area contributed by atoms with Crippen molar-refractivity contribution in [3.05, 3.63) is 53.9 Å². The predicted molar refractivity (Wildman–Crippen MR) is 98.1 cm³/mol. The number of fused-ring (bicyclic) bond motifs is 1. The minimum Gasteiger partial charge on any atom is -0.454 e. The van der Waals surface area contributed by atoms with Crippen LogP contribution in [-0.4, -0.2) is 35.7 Å². The Balaban J connectivity index is 1.42. The van der Waals surface area contributed by atoms with Crippen LogP contribution >= 0.6 is 0 Å². The van der Waals surface area contributed by atoms with Crippen LogP contribution in [0.1, 0.15) is 30.9 Å². The maximum absolute atomic E-state index is 12.4. The molecule has 1 atom stereocenters. The molecule has 0 spiro atoms. The Morgan fingerprint density at radius 1 is 1.12 bits per heavy atom. The fourth-order valence-corrected chi connectivity index (χ4v) is 3.90. The zero-order valence-electron chi connectivity index (χ0n) is 15.1. The van der Waals surface area contributed by atoms with Crippen molar-refractivity contribution in [2.45, 2.75) is 32.6 Å². The molecule has 2 aliphatic heterocycles. The molecular formula is C21H24N2O3.